The van der Waals surface area contributed by atoms with Crippen LogP contribution in [-0.2, 0) is 10.0 Å². The zero-order chi connectivity index (χ0) is 9.73. The molecule has 0 saturated carbocycles. The lowest BCUT2D eigenvalue weighted by Gasteiger charge is -2.23. The van der Waals surface area contributed by atoms with E-state index < -0.39 is 10.0 Å². The molecule has 0 spiro atoms. The third kappa shape index (κ3) is 5.23. The van der Waals surface area contributed by atoms with Crippen molar-refractivity contribution in [2.24, 2.45) is 0 Å². The Kier molecular flexibility index (Phi) is 4.15. The van der Waals surface area contributed by atoms with E-state index in [9.17, 15) is 8.42 Å². The highest BCUT2D eigenvalue weighted by Gasteiger charge is 2.12. The smallest absolute Gasteiger partial charge is 0.208 e. The molecule has 1 saturated heterocycles. The second-order valence-corrected chi connectivity index (χ2v) is 5.44. The third-order valence-electron chi connectivity index (χ3n) is 2.27. The van der Waals surface area contributed by atoms with Gasteiger partial charge in [-0.15, -0.1) is 0 Å². The second kappa shape index (κ2) is 4.93. The Morgan fingerprint density at radius 1 is 1.46 bits per heavy atom. The SMILES string of the molecule is CS(=O)(=O)NCC[C@H]1CCCCN1. The van der Waals surface area contributed by atoms with E-state index in [0.29, 0.717) is 12.6 Å². The topological polar surface area (TPSA) is 58.2 Å². The van der Waals surface area contributed by atoms with Crippen LogP contribution in [0.5, 0.6) is 0 Å². The molecule has 1 rings (SSSR count). The predicted octanol–water partition coefficient (Wildman–Crippen LogP) is 0.0678. The molecule has 1 fully saturated rings. The Balaban J connectivity index is 2.11. The Morgan fingerprint density at radius 3 is 2.77 bits per heavy atom. The fourth-order valence-corrected chi connectivity index (χ4v) is 2.08. The summed E-state index contributed by atoms with van der Waals surface area (Å²) in [5.74, 6) is 0. The van der Waals surface area contributed by atoms with Crippen molar-refractivity contribution < 1.29 is 8.42 Å². The Labute approximate surface area is 80.1 Å². The van der Waals surface area contributed by atoms with Crippen LogP contribution in [0.3, 0.4) is 0 Å². The highest BCUT2D eigenvalue weighted by molar-refractivity contribution is 7.88. The lowest BCUT2D eigenvalue weighted by Crippen LogP contribution is -2.37. The molecule has 4 nitrogen and oxygen atoms in total. The maximum absolute atomic E-state index is 10.7. The largest absolute Gasteiger partial charge is 0.314 e. The van der Waals surface area contributed by atoms with E-state index in [1.165, 1.54) is 25.5 Å². The van der Waals surface area contributed by atoms with Gasteiger partial charge in [-0.1, -0.05) is 6.42 Å². The van der Waals surface area contributed by atoms with Crippen LogP contribution >= 0.6 is 0 Å². The monoisotopic (exact) mass is 206 g/mol. The maximum Gasteiger partial charge on any atom is 0.208 e. The second-order valence-electron chi connectivity index (χ2n) is 3.60. The van der Waals surface area contributed by atoms with Crippen molar-refractivity contribution in [1.29, 1.82) is 0 Å². The van der Waals surface area contributed by atoms with Crippen molar-refractivity contribution in [3.05, 3.63) is 0 Å². The average molecular weight is 206 g/mol. The predicted molar refractivity (Wildman–Crippen MR) is 53.1 cm³/mol. The van der Waals surface area contributed by atoms with E-state index in [-0.39, 0.29) is 0 Å². The fourth-order valence-electron chi connectivity index (χ4n) is 1.59. The highest BCUT2D eigenvalue weighted by atomic mass is 32.2. The summed E-state index contributed by atoms with van der Waals surface area (Å²) >= 11 is 0. The quantitative estimate of drug-likeness (QED) is 0.684. The molecule has 78 valence electrons. The molecule has 1 aliphatic heterocycles. The first kappa shape index (κ1) is 10.9. The molecule has 0 aromatic heterocycles. The third-order valence-corrected chi connectivity index (χ3v) is 3.00. The van der Waals surface area contributed by atoms with Crippen molar-refractivity contribution in [2.45, 2.75) is 31.7 Å². The van der Waals surface area contributed by atoms with Crippen LogP contribution in [-0.4, -0.2) is 33.8 Å². The van der Waals surface area contributed by atoms with Gasteiger partial charge in [0.05, 0.1) is 6.26 Å². The first-order valence-corrected chi connectivity index (χ1v) is 6.65. The van der Waals surface area contributed by atoms with E-state index in [2.05, 4.69) is 10.0 Å². The first-order valence-electron chi connectivity index (χ1n) is 4.76. The number of nitrogens with one attached hydrogen (secondary N) is 2. The summed E-state index contributed by atoms with van der Waals surface area (Å²) in [5, 5.41) is 3.37. The molecule has 0 aromatic carbocycles. The number of hydrogen-bond acceptors (Lipinski definition) is 3. The molecule has 0 aromatic rings. The van der Waals surface area contributed by atoms with Crippen molar-refractivity contribution in [3.8, 4) is 0 Å². The van der Waals surface area contributed by atoms with Gasteiger partial charge in [0.25, 0.3) is 0 Å². The Bertz CT molecular complexity index is 233. The van der Waals surface area contributed by atoms with Gasteiger partial charge >= 0.3 is 0 Å². The summed E-state index contributed by atoms with van der Waals surface area (Å²) in [5.41, 5.74) is 0. The van der Waals surface area contributed by atoms with E-state index in [4.69, 9.17) is 0 Å². The summed E-state index contributed by atoms with van der Waals surface area (Å²) in [6.07, 6.45) is 5.77. The Morgan fingerprint density at radius 2 is 2.23 bits per heavy atom. The molecular weight excluding hydrogens is 188 g/mol. The van der Waals surface area contributed by atoms with Crippen LogP contribution in [0.4, 0.5) is 0 Å². The van der Waals surface area contributed by atoms with Crippen LogP contribution in [0.15, 0.2) is 0 Å². The van der Waals surface area contributed by atoms with Gasteiger partial charge in [0.15, 0.2) is 0 Å². The minimum Gasteiger partial charge on any atom is -0.314 e. The Hall–Kier alpha value is -0.130. The summed E-state index contributed by atoms with van der Waals surface area (Å²) in [4.78, 5) is 0. The van der Waals surface area contributed by atoms with Crippen LogP contribution in [0.2, 0.25) is 0 Å². The number of hydrogen-bond donors (Lipinski definition) is 2. The molecule has 0 unspecified atom stereocenters. The van der Waals surface area contributed by atoms with Gasteiger partial charge < -0.3 is 5.32 Å². The first-order chi connectivity index (χ1) is 6.08. The molecule has 0 radical (unpaired) electrons. The van der Waals surface area contributed by atoms with Crippen molar-refractivity contribution in [2.75, 3.05) is 19.3 Å². The van der Waals surface area contributed by atoms with Crippen molar-refractivity contribution in [3.63, 3.8) is 0 Å². The van der Waals surface area contributed by atoms with Crippen LogP contribution < -0.4 is 10.0 Å². The number of sulfonamides is 1. The summed E-state index contributed by atoms with van der Waals surface area (Å²) in [7, 11) is -3.00. The number of piperidine rings is 1. The molecule has 1 aliphatic rings. The summed E-state index contributed by atoms with van der Waals surface area (Å²) < 4.78 is 24.0. The highest BCUT2D eigenvalue weighted by Crippen LogP contribution is 2.09. The molecule has 2 N–H and O–H groups in total. The molecule has 0 amide bonds. The lowest BCUT2D eigenvalue weighted by atomic mass is 10.0. The summed E-state index contributed by atoms with van der Waals surface area (Å²) in [6.45, 7) is 1.63. The standard InChI is InChI=1S/C8H18N2O2S/c1-13(11,12)10-7-5-8-4-2-3-6-9-8/h8-10H,2-7H2,1H3/t8-/m1/s1. The van der Waals surface area contributed by atoms with Crippen LogP contribution in [0.1, 0.15) is 25.7 Å². The van der Waals surface area contributed by atoms with Gasteiger partial charge in [0.2, 0.25) is 10.0 Å². The molecule has 5 heteroatoms. The van der Waals surface area contributed by atoms with Crippen molar-refractivity contribution >= 4 is 10.0 Å². The summed E-state index contributed by atoms with van der Waals surface area (Å²) in [6, 6.07) is 0.503. The van der Waals surface area contributed by atoms with Gasteiger partial charge in [0, 0.05) is 12.6 Å². The van der Waals surface area contributed by atoms with Gasteiger partial charge in [-0.25, -0.2) is 13.1 Å². The van der Waals surface area contributed by atoms with Crippen LogP contribution in [0.25, 0.3) is 0 Å². The molecule has 13 heavy (non-hydrogen) atoms. The molecular formula is C8H18N2O2S. The maximum atomic E-state index is 10.7. The minimum atomic E-state index is -3.00. The van der Waals surface area contributed by atoms with E-state index >= 15 is 0 Å². The zero-order valence-electron chi connectivity index (χ0n) is 8.04. The van der Waals surface area contributed by atoms with Crippen molar-refractivity contribution in [1.82, 2.24) is 10.0 Å². The van der Waals surface area contributed by atoms with E-state index in [1.807, 2.05) is 0 Å². The molecule has 0 bridgehead atoms. The van der Waals surface area contributed by atoms with Crippen LogP contribution in [0, 0.1) is 0 Å². The van der Waals surface area contributed by atoms with Gasteiger partial charge in [-0.2, -0.15) is 0 Å². The van der Waals surface area contributed by atoms with Gasteiger partial charge in [-0.05, 0) is 25.8 Å². The minimum absolute atomic E-state index is 0.503. The molecule has 1 atom stereocenters. The normalized spacial score (nSPS) is 24.5. The van der Waals surface area contributed by atoms with E-state index in [0.717, 1.165) is 13.0 Å². The average Bonchev–Trinajstić information content (AvgIpc) is 2.04. The number of rotatable bonds is 4. The molecule has 0 aliphatic carbocycles. The van der Waals surface area contributed by atoms with E-state index in [1.54, 1.807) is 0 Å². The van der Waals surface area contributed by atoms with Gasteiger partial charge in [0.1, 0.15) is 0 Å². The zero-order valence-corrected chi connectivity index (χ0v) is 8.86. The van der Waals surface area contributed by atoms with Gasteiger partial charge in [-0.3, -0.25) is 0 Å². The lowest BCUT2D eigenvalue weighted by molar-refractivity contribution is 0.383. The fraction of sp³-hybridized carbons (Fsp3) is 1.00. The molecule has 1 heterocycles.